The second kappa shape index (κ2) is 8.50. The fraction of sp³-hybridized carbons (Fsp3) is 0.174. The van der Waals surface area contributed by atoms with Crippen molar-refractivity contribution in [3.8, 4) is 11.3 Å². The van der Waals surface area contributed by atoms with Crippen LogP contribution in [0.2, 0.25) is 0 Å². The first-order valence-corrected chi connectivity index (χ1v) is 10.5. The van der Waals surface area contributed by atoms with E-state index in [0.717, 1.165) is 0 Å². The number of alkyl halides is 1. The number of aldehydes is 1. The monoisotopic (exact) mass is 463 g/mol. The van der Waals surface area contributed by atoms with E-state index in [0.29, 0.717) is 28.9 Å². The first-order chi connectivity index (χ1) is 16.5. The molecule has 172 valence electrons. The Morgan fingerprint density at radius 3 is 2.68 bits per heavy atom. The summed E-state index contributed by atoms with van der Waals surface area (Å²) in [7, 11) is 1.68. The van der Waals surface area contributed by atoms with Crippen molar-refractivity contribution in [1.82, 2.24) is 24.9 Å². The largest absolute Gasteiger partial charge is 0.385 e. The molecule has 1 aliphatic rings. The third kappa shape index (κ3) is 3.91. The third-order valence-corrected chi connectivity index (χ3v) is 5.46. The van der Waals surface area contributed by atoms with Crippen LogP contribution in [0.15, 0.2) is 48.8 Å². The lowest BCUT2D eigenvalue weighted by Gasteiger charge is -2.12. The van der Waals surface area contributed by atoms with Crippen LogP contribution < -0.4 is 16.0 Å². The van der Waals surface area contributed by atoms with Gasteiger partial charge in [-0.1, -0.05) is 6.07 Å². The number of imidazole rings is 1. The number of rotatable bonds is 7. The van der Waals surface area contributed by atoms with Crippen molar-refractivity contribution in [2.45, 2.75) is 18.6 Å². The number of pyridine rings is 1. The van der Waals surface area contributed by atoms with Crippen LogP contribution in [0.4, 0.5) is 26.0 Å². The van der Waals surface area contributed by atoms with Crippen LogP contribution in [-0.4, -0.2) is 51.0 Å². The molecule has 0 saturated heterocycles. The zero-order chi connectivity index (χ0) is 23.8. The van der Waals surface area contributed by atoms with Crippen LogP contribution >= 0.6 is 0 Å². The molecule has 34 heavy (non-hydrogen) atoms. The van der Waals surface area contributed by atoms with Gasteiger partial charge in [0.15, 0.2) is 29.3 Å². The summed E-state index contributed by atoms with van der Waals surface area (Å²) >= 11 is 0. The van der Waals surface area contributed by atoms with E-state index < -0.39 is 23.9 Å². The van der Waals surface area contributed by atoms with Gasteiger partial charge in [0.1, 0.15) is 6.17 Å². The average Bonchev–Trinajstić information content (AvgIpc) is 3.36. The zero-order valence-corrected chi connectivity index (χ0v) is 17.9. The molecule has 2 atom stereocenters. The SMILES string of the molecule is CNc1cc(Nc2cccc(-c3ccc(C=O)cn3)c2F)nn2c(C(=O)N[C@@H]3C[C@@H]3F)cnc12. The number of carbonyl (C=O) groups excluding carboxylic acids is 2. The van der Waals surface area contributed by atoms with E-state index >= 15 is 4.39 Å². The number of amides is 1. The smallest absolute Gasteiger partial charge is 0.271 e. The molecule has 3 heterocycles. The fourth-order valence-corrected chi connectivity index (χ4v) is 3.52. The molecule has 1 aromatic carbocycles. The first kappa shape index (κ1) is 21.4. The Bertz CT molecular complexity index is 1400. The summed E-state index contributed by atoms with van der Waals surface area (Å²) in [6, 6.07) is 9.02. The summed E-state index contributed by atoms with van der Waals surface area (Å²) in [5.74, 6) is -0.811. The topological polar surface area (TPSA) is 113 Å². The Labute approximate surface area is 192 Å². The average molecular weight is 463 g/mol. The summed E-state index contributed by atoms with van der Waals surface area (Å²) in [6.45, 7) is 0. The van der Waals surface area contributed by atoms with Crippen LogP contribution in [0, 0.1) is 5.82 Å². The van der Waals surface area contributed by atoms with Crippen molar-refractivity contribution < 1.29 is 18.4 Å². The van der Waals surface area contributed by atoms with Crippen LogP contribution in [0.5, 0.6) is 0 Å². The lowest BCUT2D eigenvalue weighted by molar-refractivity contribution is 0.0940. The molecule has 11 heteroatoms. The van der Waals surface area contributed by atoms with Crippen molar-refractivity contribution in [1.29, 1.82) is 0 Å². The standard InChI is InChI=1S/C23H19F2N7O2/c1-26-18-8-20(31-32-19(10-28-22(18)32)23(34)30-17-7-14(17)24)29-16-4-2-3-13(21(16)25)15-6-5-12(11-33)9-27-15/h2-6,8-11,14,17,26H,7H2,1H3,(H,29,31)(H,30,34)/t14-,17+/m0/s1. The van der Waals surface area contributed by atoms with Gasteiger partial charge in [-0.15, -0.1) is 5.10 Å². The number of hydrogen-bond acceptors (Lipinski definition) is 7. The van der Waals surface area contributed by atoms with Gasteiger partial charge in [0.25, 0.3) is 5.91 Å². The van der Waals surface area contributed by atoms with E-state index in [-0.39, 0.29) is 29.2 Å². The molecule has 5 rings (SSSR count). The van der Waals surface area contributed by atoms with Crippen LogP contribution in [0.1, 0.15) is 27.3 Å². The predicted octanol–water partition coefficient (Wildman–Crippen LogP) is 3.37. The maximum atomic E-state index is 15.3. The molecule has 0 unspecified atom stereocenters. The molecule has 0 bridgehead atoms. The number of benzene rings is 1. The molecule has 1 amide bonds. The highest BCUT2D eigenvalue weighted by atomic mass is 19.1. The normalized spacial score (nSPS) is 16.8. The van der Waals surface area contributed by atoms with Crippen molar-refractivity contribution in [3.05, 3.63) is 65.9 Å². The summed E-state index contributed by atoms with van der Waals surface area (Å²) < 4.78 is 29.9. The number of fused-ring (bicyclic) bond motifs is 1. The maximum absolute atomic E-state index is 15.3. The quantitative estimate of drug-likeness (QED) is 0.360. The maximum Gasteiger partial charge on any atom is 0.271 e. The number of nitrogens with zero attached hydrogens (tertiary/aromatic N) is 4. The lowest BCUT2D eigenvalue weighted by atomic mass is 10.1. The second-order valence-corrected chi connectivity index (χ2v) is 7.79. The van der Waals surface area contributed by atoms with Gasteiger partial charge in [-0.3, -0.25) is 14.6 Å². The number of hydrogen-bond donors (Lipinski definition) is 3. The van der Waals surface area contributed by atoms with Gasteiger partial charge in [-0.05, 0) is 24.3 Å². The Balaban J connectivity index is 1.49. The minimum atomic E-state index is -1.04. The third-order valence-electron chi connectivity index (χ3n) is 5.46. The number of aromatic nitrogens is 4. The van der Waals surface area contributed by atoms with E-state index in [1.165, 1.54) is 16.9 Å². The summed E-state index contributed by atoms with van der Waals surface area (Å²) in [6.07, 6.45) is 2.63. The molecular weight excluding hydrogens is 444 g/mol. The van der Waals surface area contributed by atoms with E-state index in [1.54, 1.807) is 43.4 Å². The van der Waals surface area contributed by atoms with Gasteiger partial charge in [0, 0.05) is 36.9 Å². The van der Waals surface area contributed by atoms with E-state index in [2.05, 4.69) is 31.0 Å². The number of anilines is 3. The molecular formula is C23H19F2N7O2. The van der Waals surface area contributed by atoms with Crippen LogP contribution in [0.25, 0.3) is 16.9 Å². The number of halogens is 2. The summed E-state index contributed by atoms with van der Waals surface area (Å²) in [5, 5.41) is 12.9. The zero-order valence-electron chi connectivity index (χ0n) is 17.9. The van der Waals surface area contributed by atoms with E-state index in [4.69, 9.17) is 0 Å². The van der Waals surface area contributed by atoms with Crippen LogP contribution in [-0.2, 0) is 0 Å². The summed E-state index contributed by atoms with van der Waals surface area (Å²) in [5.41, 5.74) is 2.20. The molecule has 0 spiro atoms. The number of nitrogens with one attached hydrogen (secondary N) is 3. The minimum Gasteiger partial charge on any atom is -0.385 e. The lowest BCUT2D eigenvalue weighted by Crippen LogP contribution is -2.28. The van der Waals surface area contributed by atoms with Gasteiger partial charge < -0.3 is 16.0 Å². The van der Waals surface area contributed by atoms with E-state index in [1.807, 2.05) is 0 Å². The molecule has 0 aliphatic heterocycles. The van der Waals surface area contributed by atoms with Crippen LogP contribution in [0.3, 0.4) is 0 Å². The molecule has 4 aromatic rings. The van der Waals surface area contributed by atoms with Gasteiger partial charge in [0.2, 0.25) is 0 Å². The van der Waals surface area contributed by atoms with Crippen molar-refractivity contribution >= 4 is 35.0 Å². The second-order valence-electron chi connectivity index (χ2n) is 7.79. The Hall–Kier alpha value is -4.41. The highest BCUT2D eigenvalue weighted by molar-refractivity contribution is 5.94. The van der Waals surface area contributed by atoms with Crippen molar-refractivity contribution in [2.75, 3.05) is 17.7 Å². The Morgan fingerprint density at radius 2 is 2.00 bits per heavy atom. The predicted molar refractivity (Wildman–Crippen MR) is 122 cm³/mol. The fourth-order valence-electron chi connectivity index (χ4n) is 3.52. The Kier molecular flexibility index (Phi) is 5.36. The molecule has 1 fully saturated rings. The Morgan fingerprint density at radius 1 is 1.18 bits per heavy atom. The highest BCUT2D eigenvalue weighted by Gasteiger charge is 2.39. The minimum absolute atomic E-state index is 0.128. The van der Waals surface area contributed by atoms with Gasteiger partial charge in [0.05, 0.1) is 29.3 Å². The summed E-state index contributed by atoms with van der Waals surface area (Å²) in [4.78, 5) is 31.8. The molecule has 1 saturated carbocycles. The first-order valence-electron chi connectivity index (χ1n) is 10.5. The van der Waals surface area contributed by atoms with Gasteiger partial charge >= 0.3 is 0 Å². The van der Waals surface area contributed by atoms with Crippen molar-refractivity contribution in [2.24, 2.45) is 0 Å². The molecule has 3 N–H and O–H groups in total. The molecule has 3 aromatic heterocycles. The highest BCUT2D eigenvalue weighted by Crippen LogP contribution is 2.30. The van der Waals surface area contributed by atoms with E-state index in [9.17, 15) is 14.0 Å². The molecule has 1 aliphatic carbocycles. The number of carbonyl (C=O) groups is 2. The van der Waals surface area contributed by atoms with Gasteiger partial charge in [-0.2, -0.15) is 0 Å². The molecule has 9 nitrogen and oxygen atoms in total. The molecule has 0 radical (unpaired) electrons. The van der Waals surface area contributed by atoms with Gasteiger partial charge in [-0.25, -0.2) is 18.3 Å². The van der Waals surface area contributed by atoms with Crippen molar-refractivity contribution in [3.63, 3.8) is 0 Å².